The minimum Gasteiger partial charge on any atom is -0.456 e. The molecule has 3 fully saturated rings. The Labute approximate surface area is 412 Å². The predicted octanol–water partition coefficient (Wildman–Crippen LogP) is 7.57. The number of piperidine rings is 1. The summed E-state index contributed by atoms with van der Waals surface area (Å²) in [6, 6.07) is 8.80. The Morgan fingerprint density at radius 1 is 0.971 bits per heavy atom. The zero-order valence-electron chi connectivity index (χ0n) is 42.3. The normalized spacial score (nSPS) is 36.9. The fourth-order valence-electron chi connectivity index (χ4n) is 11.5. The zero-order valence-corrected chi connectivity index (χ0v) is 43.1. The summed E-state index contributed by atoms with van der Waals surface area (Å²) in [4.78, 5) is 59.4. The average Bonchev–Trinajstić information content (AvgIpc) is 3.78. The number of aliphatic hydroxyl groups excluding tert-OH is 2. The number of hydrogen-bond acceptors (Lipinski definition) is 14. The fourth-order valence-corrected chi connectivity index (χ4v) is 12.6. The molecule has 4 heterocycles. The third-order valence-electron chi connectivity index (χ3n) is 15.8. The van der Waals surface area contributed by atoms with Crippen LogP contribution in [0.4, 0.5) is 0 Å². The van der Waals surface area contributed by atoms with Gasteiger partial charge in [-0.05, 0) is 126 Å². The van der Waals surface area contributed by atoms with Crippen molar-refractivity contribution in [3.63, 3.8) is 0 Å². The molecule has 1 saturated carbocycles. The molecule has 0 spiro atoms. The van der Waals surface area contributed by atoms with E-state index in [1.165, 1.54) is 19.1 Å². The number of hydrogen-bond donors (Lipinski definition) is 4. The lowest BCUT2D eigenvalue weighted by Gasteiger charge is -2.47. The lowest BCUT2D eigenvalue weighted by Crippen LogP contribution is -2.64. The lowest BCUT2D eigenvalue weighted by atomic mass is 9.73. The molecular weight excluding hydrogens is 903 g/mol. The van der Waals surface area contributed by atoms with Crippen LogP contribution >= 0.6 is 11.3 Å². The largest absolute Gasteiger partial charge is 0.456 e. The third kappa shape index (κ3) is 12.6. The molecule has 6 rings (SSSR count). The maximum absolute atomic E-state index is 14.6. The maximum atomic E-state index is 14.6. The van der Waals surface area contributed by atoms with E-state index in [0.29, 0.717) is 69.8 Å². The number of esters is 1. The van der Waals surface area contributed by atoms with Crippen molar-refractivity contribution in [2.45, 2.75) is 185 Å². The smallest absolute Gasteiger partial charge is 0.329 e. The van der Waals surface area contributed by atoms with E-state index in [4.69, 9.17) is 23.7 Å². The second-order valence-electron chi connectivity index (χ2n) is 20.8. The molecule has 0 radical (unpaired) electrons. The van der Waals surface area contributed by atoms with E-state index in [2.05, 4.69) is 0 Å². The fraction of sp³-hybridized carbons (Fsp3) is 0.704. The van der Waals surface area contributed by atoms with Gasteiger partial charge in [-0.25, -0.2) is 4.79 Å². The number of amides is 1. The summed E-state index contributed by atoms with van der Waals surface area (Å²) in [5.74, 6) is -7.87. The summed E-state index contributed by atoms with van der Waals surface area (Å²) in [5.41, 5.74) is 0.407. The monoisotopic (exact) mass is 982 g/mol. The molecule has 1 aromatic carbocycles. The van der Waals surface area contributed by atoms with Crippen molar-refractivity contribution in [1.29, 1.82) is 0 Å². The molecule has 15 atom stereocenters. The number of carbonyl (C=O) groups excluding carboxylic acids is 4. The molecule has 14 nitrogen and oxygen atoms in total. The number of fused-ring (bicyclic) bond motifs is 4. The Morgan fingerprint density at radius 2 is 1.68 bits per heavy atom. The van der Waals surface area contributed by atoms with Gasteiger partial charge in [-0.3, -0.25) is 14.4 Å². The molecule has 69 heavy (non-hydrogen) atoms. The van der Waals surface area contributed by atoms with Crippen LogP contribution in [0.5, 0.6) is 0 Å². The van der Waals surface area contributed by atoms with Gasteiger partial charge in [0.05, 0.1) is 36.1 Å². The van der Waals surface area contributed by atoms with Gasteiger partial charge in [0.15, 0.2) is 0 Å². The van der Waals surface area contributed by atoms with E-state index in [1.807, 2.05) is 70.2 Å². The summed E-state index contributed by atoms with van der Waals surface area (Å²) in [5, 5.41) is 48.3. The van der Waals surface area contributed by atoms with Crippen LogP contribution < -0.4 is 0 Å². The lowest BCUT2D eigenvalue weighted by molar-refractivity contribution is -0.302. The average molecular weight is 982 g/mol. The van der Waals surface area contributed by atoms with Crippen LogP contribution in [0.15, 0.2) is 53.6 Å². The van der Waals surface area contributed by atoms with Crippen LogP contribution in [0.2, 0.25) is 0 Å². The first kappa shape index (κ1) is 54.9. The van der Waals surface area contributed by atoms with Gasteiger partial charge in [0.2, 0.25) is 5.79 Å². The summed E-state index contributed by atoms with van der Waals surface area (Å²) >= 11 is 1.54. The number of cyclic esters (lactones) is 1. The van der Waals surface area contributed by atoms with Crippen molar-refractivity contribution in [3.8, 4) is 0 Å². The van der Waals surface area contributed by atoms with Gasteiger partial charge < -0.3 is 49.0 Å². The summed E-state index contributed by atoms with van der Waals surface area (Å²) in [7, 11) is 4.63. The number of ether oxygens (including phenoxy) is 5. The number of thiophene rings is 1. The van der Waals surface area contributed by atoms with E-state index < -0.39 is 95.6 Å². The number of carbonyl (C=O) groups is 4. The number of ketones is 2. The SMILES string of the molecule is CCC1C=C(C)CC(C)CC(OC)C2OC(O)(C(=O)C(=O)N3CCCCC3C(=O)OC(C(C)=CC3CCC(O)(CCC(O)c4cc5ccccc5s4)C(OC)C3)C(C)C(O)CC1=O)C(C)CC2OC. The third-order valence-corrected chi connectivity index (χ3v) is 17.0. The molecule has 2 saturated heterocycles. The Morgan fingerprint density at radius 3 is 2.36 bits per heavy atom. The van der Waals surface area contributed by atoms with E-state index in [9.17, 15) is 39.6 Å². The number of Topliss-reactive ketones (excluding diaryl/α,β-unsaturated/α-hetero) is 2. The molecule has 4 aliphatic rings. The van der Waals surface area contributed by atoms with Crippen LogP contribution in [0.25, 0.3) is 10.1 Å². The summed E-state index contributed by atoms with van der Waals surface area (Å²) in [6.45, 7) is 11.2. The predicted molar refractivity (Wildman–Crippen MR) is 263 cm³/mol. The van der Waals surface area contributed by atoms with Crippen LogP contribution in [0.1, 0.15) is 136 Å². The molecule has 384 valence electrons. The molecule has 15 unspecified atom stereocenters. The number of nitrogens with zero attached hydrogens (tertiary/aromatic N) is 1. The van der Waals surface area contributed by atoms with Crippen molar-refractivity contribution < 1.29 is 63.3 Å². The van der Waals surface area contributed by atoms with Gasteiger partial charge in [-0.15, -0.1) is 11.3 Å². The van der Waals surface area contributed by atoms with E-state index in [0.717, 1.165) is 20.5 Å². The van der Waals surface area contributed by atoms with Crippen molar-refractivity contribution in [1.82, 2.24) is 4.90 Å². The van der Waals surface area contributed by atoms with E-state index in [-0.39, 0.29) is 43.4 Å². The topological polar surface area (TPSA) is 199 Å². The molecule has 4 N–H and O–H groups in total. The van der Waals surface area contributed by atoms with Gasteiger partial charge in [0, 0.05) is 61.6 Å². The standard InChI is InChI=1S/C54H79NO13S/c1-10-37-24-31(2)23-32(3)25-43(64-7)49-44(65-8)27-34(5)54(63,68-49)50(59)51(60)55-22-14-13-16-39(55)52(61)67-48(35(6)41(57)30-42(37)58)33(4)26-36-18-20-53(62,47(28-36)66-9)21-19-40(56)46-29-38-15-11-12-17-45(38)69-46/h11-12,15,17,24,26,29,32,34-37,39-41,43-44,47-49,56-57,62-63H,10,13-14,16,18-23,25,27-28,30H2,1-9H3. The van der Waals surface area contributed by atoms with E-state index in [1.54, 1.807) is 32.3 Å². The molecule has 15 heteroatoms. The molecule has 2 aromatic rings. The van der Waals surface area contributed by atoms with Gasteiger partial charge in [-0.1, -0.05) is 63.6 Å². The number of allylic oxidation sites excluding steroid dienone is 3. The number of methoxy groups -OCH3 is 3. The molecule has 1 amide bonds. The van der Waals surface area contributed by atoms with Gasteiger partial charge >= 0.3 is 5.97 Å². The minimum atomic E-state index is -2.53. The summed E-state index contributed by atoms with van der Waals surface area (Å²) in [6.07, 6.45) is 3.27. The quantitative estimate of drug-likeness (QED) is 0.103. The maximum Gasteiger partial charge on any atom is 0.329 e. The van der Waals surface area contributed by atoms with Gasteiger partial charge in [-0.2, -0.15) is 0 Å². The number of rotatable bonds is 10. The second-order valence-corrected chi connectivity index (χ2v) is 22.0. The molecular formula is C54H79NO13S. The Hall–Kier alpha value is -3.38. The molecule has 2 bridgehead atoms. The Bertz CT molecular complexity index is 2120. The van der Waals surface area contributed by atoms with Crippen molar-refractivity contribution in [3.05, 3.63) is 58.5 Å². The molecule has 1 aliphatic carbocycles. The van der Waals surface area contributed by atoms with Crippen molar-refractivity contribution in [2.24, 2.45) is 29.6 Å². The highest BCUT2D eigenvalue weighted by Crippen LogP contribution is 2.42. The van der Waals surface area contributed by atoms with Crippen LogP contribution in [0, 0.1) is 29.6 Å². The van der Waals surface area contributed by atoms with Crippen molar-refractivity contribution in [2.75, 3.05) is 27.9 Å². The first-order valence-corrected chi connectivity index (χ1v) is 26.1. The molecule has 1 aromatic heterocycles. The minimum absolute atomic E-state index is 0.0138. The Balaban J connectivity index is 1.28. The number of benzene rings is 1. The van der Waals surface area contributed by atoms with E-state index >= 15 is 0 Å². The number of aliphatic hydroxyl groups is 4. The van der Waals surface area contributed by atoms with Gasteiger partial charge in [0.1, 0.15) is 24.0 Å². The van der Waals surface area contributed by atoms with Crippen LogP contribution in [-0.4, -0.2) is 131 Å². The van der Waals surface area contributed by atoms with Crippen molar-refractivity contribution >= 4 is 44.9 Å². The summed E-state index contributed by atoms with van der Waals surface area (Å²) < 4.78 is 31.5. The zero-order chi connectivity index (χ0) is 50.4. The Kier molecular flexibility index (Phi) is 19.0. The van der Waals surface area contributed by atoms with Crippen LogP contribution in [0.3, 0.4) is 0 Å². The highest BCUT2D eigenvalue weighted by molar-refractivity contribution is 7.19. The van der Waals surface area contributed by atoms with Crippen LogP contribution in [-0.2, 0) is 42.9 Å². The van der Waals surface area contributed by atoms with Gasteiger partial charge in [0.25, 0.3) is 11.7 Å². The second kappa shape index (κ2) is 23.9. The highest BCUT2D eigenvalue weighted by Gasteiger charge is 2.57. The first-order valence-electron chi connectivity index (χ1n) is 25.3. The molecule has 3 aliphatic heterocycles. The first-order chi connectivity index (χ1) is 32.8. The highest BCUT2D eigenvalue weighted by atomic mass is 32.1.